The van der Waals surface area contributed by atoms with Crippen molar-refractivity contribution in [3.63, 3.8) is 0 Å². The van der Waals surface area contributed by atoms with E-state index in [0.717, 1.165) is 25.6 Å². The summed E-state index contributed by atoms with van der Waals surface area (Å²) in [6, 6.07) is 8.96. The molecule has 4 heteroatoms. The Bertz CT molecular complexity index is 715. The molecule has 0 bridgehead atoms. The van der Waals surface area contributed by atoms with Gasteiger partial charge in [0.25, 0.3) is 0 Å². The molecule has 1 saturated carbocycles. The van der Waals surface area contributed by atoms with Gasteiger partial charge in [0.1, 0.15) is 0 Å². The van der Waals surface area contributed by atoms with Gasteiger partial charge in [-0.15, -0.1) is 0 Å². The maximum absolute atomic E-state index is 12.2. The highest BCUT2D eigenvalue weighted by molar-refractivity contribution is 5.77. The summed E-state index contributed by atoms with van der Waals surface area (Å²) in [5, 5.41) is 10.2. The second-order valence-electron chi connectivity index (χ2n) is 8.90. The van der Waals surface area contributed by atoms with Crippen molar-refractivity contribution in [3.05, 3.63) is 41.5 Å². The molecule has 1 N–H and O–H groups in total. The molecule has 0 aromatic heterocycles. The number of carbonyl (C=O) groups excluding carboxylic acids is 1. The molecule has 4 nitrogen and oxygen atoms in total. The monoisotopic (exact) mass is 382 g/mol. The number of benzene rings is 1. The van der Waals surface area contributed by atoms with Gasteiger partial charge in [0.15, 0.2) is 0 Å². The highest BCUT2D eigenvalue weighted by atomic mass is 16.3. The summed E-state index contributed by atoms with van der Waals surface area (Å²) >= 11 is 0. The van der Waals surface area contributed by atoms with Gasteiger partial charge >= 0.3 is 0 Å². The van der Waals surface area contributed by atoms with E-state index in [1.807, 2.05) is 18.7 Å². The van der Waals surface area contributed by atoms with E-state index in [4.69, 9.17) is 0 Å². The van der Waals surface area contributed by atoms with E-state index in [1.165, 1.54) is 36.8 Å². The van der Waals surface area contributed by atoms with Crippen LogP contribution in [0.5, 0.6) is 0 Å². The molecule has 0 unspecified atom stereocenters. The Balaban J connectivity index is 1.58. The molecule has 2 heterocycles. The normalized spacial score (nSPS) is 27.3. The third-order valence-corrected chi connectivity index (χ3v) is 7.29. The summed E-state index contributed by atoms with van der Waals surface area (Å²) in [6.45, 7) is 6.86. The number of nitrogens with zero attached hydrogens (tertiary/aromatic N) is 2. The lowest BCUT2D eigenvalue weighted by Gasteiger charge is -2.71. The standard InChI is InChI=1S/C24H34N2O2/c1-3-7-18-10-12-20(13-11-18)23-21(15-27)26(14-19-8-5-6-9-19)24(23)16-25(17-24)22(28)4-2/h3,7,10-13,19,21,23,27H,4-6,8-9,14-17H2,1-2H3/t21-,23+/m1/s1. The topological polar surface area (TPSA) is 43.8 Å². The summed E-state index contributed by atoms with van der Waals surface area (Å²) in [6.07, 6.45) is 10.0. The summed E-state index contributed by atoms with van der Waals surface area (Å²) in [4.78, 5) is 16.8. The fraction of sp³-hybridized carbons (Fsp3) is 0.625. The molecule has 28 heavy (non-hydrogen) atoms. The number of allylic oxidation sites excluding steroid dienone is 1. The Labute approximate surface area is 169 Å². The first-order valence-corrected chi connectivity index (χ1v) is 11.0. The highest BCUT2D eigenvalue weighted by Crippen LogP contribution is 2.54. The van der Waals surface area contributed by atoms with E-state index in [-0.39, 0.29) is 24.1 Å². The molecule has 2 saturated heterocycles. The van der Waals surface area contributed by atoms with E-state index >= 15 is 0 Å². The van der Waals surface area contributed by atoms with Gasteiger partial charge in [0, 0.05) is 38.0 Å². The molecule has 2 aliphatic heterocycles. The second kappa shape index (κ2) is 8.00. The van der Waals surface area contributed by atoms with Gasteiger partial charge in [-0.05, 0) is 36.8 Å². The highest BCUT2D eigenvalue weighted by Gasteiger charge is 2.66. The minimum atomic E-state index is 0.0168. The van der Waals surface area contributed by atoms with Crippen molar-refractivity contribution < 1.29 is 9.90 Å². The van der Waals surface area contributed by atoms with Crippen LogP contribution in [0.1, 0.15) is 63.0 Å². The largest absolute Gasteiger partial charge is 0.395 e. The molecule has 152 valence electrons. The van der Waals surface area contributed by atoms with Crippen LogP contribution >= 0.6 is 0 Å². The molecule has 1 aromatic carbocycles. The number of carbonyl (C=O) groups is 1. The zero-order valence-corrected chi connectivity index (χ0v) is 17.3. The zero-order chi connectivity index (χ0) is 19.7. The van der Waals surface area contributed by atoms with Crippen molar-refractivity contribution in [2.24, 2.45) is 5.92 Å². The van der Waals surface area contributed by atoms with Crippen molar-refractivity contribution in [2.45, 2.75) is 63.5 Å². The predicted octanol–water partition coefficient (Wildman–Crippen LogP) is 3.66. The minimum Gasteiger partial charge on any atom is -0.395 e. The molecule has 3 aliphatic rings. The summed E-state index contributed by atoms with van der Waals surface area (Å²) in [5.74, 6) is 1.31. The van der Waals surface area contributed by atoms with Gasteiger partial charge in [-0.2, -0.15) is 0 Å². The Hall–Kier alpha value is -1.65. The van der Waals surface area contributed by atoms with Crippen LogP contribution in [0.15, 0.2) is 30.3 Å². The first-order valence-electron chi connectivity index (χ1n) is 11.0. The van der Waals surface area contributed by atoms with Crippen molar-refractivity contribution in [3.8, 4) is 0 Å². The fourth-order valence-corrected chi connectivity index (χ4v) is 5.89. The molecule has 1 amide bonds. The number of rotatable bonds is 6. The van der Waals surface area contributed by atoms with Gasteiger partial charge in [-0.25, -0.2) is 0 Å². The maximum Gasteiger partial charge on any atom is 0.222 e. The summed E-state index contributed by atoms with van der Waals surface area (Å²) in [7, 11) is 0. The quantitative estimate of drug-likeness (QED) is 0.817. The van der Waals surface area contributed by atoms with E-state index in [9.17, 15) is 9.90 Å². The molecule has 3 fully saturated rings. The minimum absolute atomic E-state index is 0.0168. The van der Waals surface area contributed by atoms with Crippen molar-refractivity contribution in [1.29, 1.82) is 0 Å². The molecule has 1 spiro atoms. The Morgan fingerprint density at radius 2 is 1.89 bits per heavy atom. The predicted molar refractivity (Wildman–Crippen MR) is 113 cm³/mol. The number of aliphatic hydroxyl groups excluding tert-OH is 1. The van der Waals surface area contributed by atoms with Crippen LogP contribution in [0, 0.1) is 5.92 Å². The average Bonchev–Trinajstić information content (AvgIpc) is 3.18. The summed E-state index contributed by atoms with van der Waals surface area (Å²) < 4.78 is 0. The van der Waals surface area contributed by atoms with Crippen LogP contribution in [0.2, 0.25) is 0 Å². The first kappa shape index (κ1) is 19.7. The van der Waals surface area contributed by atoms with Crippen LogP contribution in [0.4, 0.5) is 0 Å². The lowest BCUT2D eigenvalue weighted by molar-refractivity contribution is -0.199. The molecule has 4 rings (SSSR count). The van der Waals surface area contributed by atoms with E-state index < -0.39 is 0 Å². The summed E-state index contributed by atoms with van der Waals surface area (Å²) in [5.41, 5.74) is 2.53. The fourth-order valence-electron chi connectivity index (χ4n) is 5.89. The molecule has 1 aromatic rings. The third kappa shape index (κ3) is 3.21. The average molecular weight is 383 g/mol. The number of hydrogen-bond donors (Lipinski definition) is 1. The maximum atomic E-state index is 12.2. The van der Waals surface area contributed by atoms with Gasteiger partial charge in [-0.1, -0.05) is 56.2 Å². The van der Waals surface area contributed by atoms with E-state index in [2.05, 4.69) is 41.3 Å². The second-order valence-corrected chi connectivity index (χ2v) is 8.90. The van der Waals surface area contributed by atoms with Gasteiger partial charge in [0.05, 0.1) is 12.1 Å². The van der Waals surface area contributed by atoms with E-state index in [1.54, 1.807) is 0 Å². The van der Waals surface area contributed by atoms with Crippen molar-refractivity contribution in [2.75, 3.05) is 26.2 Å². The van der Waals surface area contributed by atoms with Gasteiger partial charge in [0.2, 0.25) is 5.91 Å². The first-order chi connectivity index (χ1) is 13.6. The van der Waals surface area contributed by atoms with Crippen LogP contribution in [0.3, 0.4) is 0 Å². The number of hydrogen-bond acceptors (Lipinski definition) is 3. The Kier molecular flexibility index (Phi) is 5.62. The van der Waals surface area contributed by atoms with Gasteiger partial charge < -0.3 is 10.0 Å². The number of amides is 1. The lowest BCUT2D eigenvalue weighted by Crippen LogP contribution is -2.85. The zero-order valence-electron chi connectivity index (χ0n) is 17.3. The Morgan fingerprint density at radius 3 is 2.46 bits per heavy atom. The number of likely N-dealkylation sites (tertiary alicyclic amines) is 2. The lowest BCUT2D eigenvalue weighted by atomic mass is 9.60. The van der Waals surface area contributed by atoms with Crippen molar-refractivity contribution in [1.82, 2.24) is 9.80 Å². The molecular formula is C24H34N2O2. The van der Waals surface area contributed by atoms with Crippen LogP contribution < -0.4 is 0 Å². The van der Waals surface area contributed by atoms with Crippen LogP contribution in [0.25, 0.3) is 6.08 Å². The van der Waals surface area contributed by atoms with E-state index in [0.29, 0.717) is 12.3 Å². The van der Waals surface area contributed by atoms with Crippen LogP contribution in [-0.2, 0) is 4.79 Å². The molecule has 0 radical (unpaired) electrons. The van der Waals surface area contributed by atoms with Crippen molar-refractivity contribution >= 4 is 12.0 Å². The smallest absolute Gasteiger partial charge is 0.222 e. The number of aliphatic hydroxyl groups is 1. The van der Waals surface area contributed by atoms with Gasteiger partial charge in [-0.3, -0.25) is 9.69 Å². The molecule has 1 aliphatic carbocycles. The van der Waals surface area contributed by atoms with Crippen LogP contribution in [-0.4, -0.2) is 58.6 Å². The molecular weight excluding hydrogens is 348 g/mol. The third-order valence-electron chi connectivity index (χ3n) is 7.29. The molecule has 2 atom stereocenters. The Morgan fingerprint density at radius 1 is 1.21 bits per heavy atom. The SMILES string of the molecule is CC=Cc1ccc([C@H]2[C@@H](CO)N(CC3CCCC3)C23CN(C(=O)CC)C3)cc1.